The number of sulfonamides is 1. The molecule has 0 bridgehead atoms. The molecular formula is C19H14N4O5S2. The van der Waals surface area contributed by atoms with E-state index in [1.807, 2.05) is 0 Å². The Morgan fingerprint density at radius 3 is 2.83 bits per heavy atom. The fourth-order valence-corrected chi connectivity index (χ4v) is 5.45. The van der Waals surface area contributed by atoms with Crippen LogP contribution in [0.2, 0.25) is 0 Å². The molecule has 1 aliphatic heterocycles. The highest BCUT2D eigenvalue weighted by Gasteiger charge is 2.29. The largest absolute Gasteiger partial charge is 0.454 e. The van der Waals surface area contributed by atoms with Gasteiger partial charge in [0, 0.05) is 31.1 Å². The minimum absolute atomic E-state index is 0.0778. The maximum atomic E-state index is 13.3. The average Bonchev–Trinajstić information content (AvgIpc) is 3.53. The van der Waals surface area contributed by atoms with E-state index in [-0.39, 0.29) is 17.6 Å². The van der Waals surface area contributed by atoms with Gasteiger partial charge in [0.15, 0.2) is 11.5 Å². The molecule has 0 N–H and O–H groups in total. The van der Waals surface area contributed by atoms with Gasteiger partial charge in [-0.25, -0.2) is 8.42 Å². The lowest BCUT2D eigenvalue weighted by molar-refractivity contribution is 0.174. The number of nitrogens with zero attached hydrogens (tertiary/aromatic N) is 4. The molecule has 152 valence electrons. The molecule has 4 heterocycles. The molecule has 11 heteroatoms. The van der Waals surface area contributed by atoms with Crippen LogP contribution in [0.1, 0.15) is 0 Å². The molecule has 0 saturated carbocycles. The Bertz CT molecular complexity index is 1320. The van der Waals surface area contributed by atoms with E-state index in [2.05, 4.69) is 15.1 Å². The van der Waals surface area contributed by atoms with Crippen LogP contribution in [0.3, 0.4) is 0 Å². The van der Waals surface area contributed by atoms with E-state index in [1.165, 1.54) is 28.8 Å². The van der Waals surface area contributed by atoms with Gasteiger partial charge in [0.25, 0.3) is 15.9 Å². The normalized spacial score (nSPS) is 12.8. The van der Waals surface area contributed by atoms with Gasteiger partial charge in [-0.1, -0.05) is 5.16 Å². The predicted octanol–water partition coefficient (Wildman–Crippen LogP) is 3.41. The Balaban J connectivity index is 1.50. The molecular weight excluding hydrogens is 428 g/mol. The van der Waals surface area contributed by atoms with Crippen molar-refractivity contribution in [3.05, 3.63) is 54.2 Å². The lowest BCUT2D eigenvalue weighted by Crippen LogP contribution is -2.26. The fourth-order valence-electron chi connectivity index (χ4n) is 2.95. The van der Waals surface area contributed by atoms with Crippen LogP contribution in [0, 0.1) is 0 Å². The van der Waals surface area contributed by atoms with Crippen molar-refractivity contribution in [3.8, 4) is 33.7 Å². The summed E-state index contributed by atoms with van der Waals surface area (Å²) in [4.78, 5) is 8.82. The summed E-state index contributed by atoms with van der Waals surface area (Å²) in [6.07, 6.45) is 3.24. The molecule has 0 radical (unpaired) electrons. The van der Waals surface area contributed by atoms with Crippen LogP contribution in [0.4, 0.5) is 5.69 Å². The molecule has 0 aliphatic carbocycles. The second kappa shape index (κ2) is 7.11. The summed E-state index contributed by atoms with van der Waals surface area (Å²) in [6.45, 7) is 0.111. The van der Waals surface area contributed by atoms with Gasteiger partial charge in [0.1, 0.15) is 9.77 Å². The summed E-state index contributed by atoms with van der Waals surface area (Å²) >= 11 is 1.21. The van der Waals surface area contributed by atoms with Crippen molar-refractivity contribution in [2.75, 3.05) is 18.1 Å². The molecule has 9 nitrogen and oxygen atoms in total. The van der Waals surface area contributed by atoms with Gasteiger partial charge in [0.2, 0.25) is 12.6 Å². The number of pyridine rings is 1. The summed E-state index contributed by atoms with van der Waals surface area (Å²) in [5.74, 6) is 1.54. The lowest BCUT2D eigenvalue weighted by Gasteiger charge is -2.19. The Hall–Kier alpha value is -3.44. The monoisotopic (exact) mass is 442 g/mol. The van der Waals surface area contributed by atoms with E-state index in [9.17, 15) is 8.42 Å². The molecule has 0 spiro atoms. The molecule has 1 aliphatic rings. The van der Waals surface area contributed by atoms with Gasteiger partial charge in [-0.05, 0) is 35.7 Å². The fraction of sp³-hybridized carbons (Fsp3) is 0.105. The zero-order chi connectivity index (χ0) is 20.7. The number of hydrogen-bond donors (Lipinski definition) is 0. The summed E-state index contributed by atoms with van der Waals surface area (Å²) in [5, 5.41) is 5.62. The third kappa shape index (κ3) is 3.08. The summed E-state index contributed by atoms with van der Waals surface area (Å²) in [7, 11) is -2.42. The highest BCUT2D eigenvalue weighted by Crippen LogP contribution is 2.39. The minimum Gasteiger partial charge on any atom is -0.454 e. The van der Waals surface area contributed by atoms with Crippen LogP contribution in [0.5, 0.6) is 11.5 Å². The summed E-state index contributed by atoms with van der Waals surface area (Å²) in [6, 6.07) is 10.0. The number of ether oxygens (including phenoxy) is 2. The summed E-state index contributed by atoms with van der Waals surface area (Å²) in [5.41, 5.74) is 1.11. The van der Waals surface area contributed by atoms with Gasteiger partial charge in [-0.2, -0.15) is 4.98 Å². The van der Waals surface area contributed by atoms with Gasteiger partial charge in [-0.15, -0.1) is 11.3 Å². The van der Waals surface area contributed by atoms with Gasteiger partial charge in [-0.3, -0.25) is 9.29 Å². The number of rotatable bonds is 5. The number of anilines is 1. The first-order valence-corrected chi connectivity index (χ1v) is 11.1. The van der Waals surface area contributed by atoms with E-state index in [1.54, 1.807) is 48.1 Å². The predicted molar refractivity (Wildman–Crippen MR) is 109 cm³/mol. The van der Waals surface area contributed by atoms with E-state index in [4.69, 9.17) is 14.0 Å². The standard InChI is InChI=1S/C19H14N4O5S2/c1-23(13-4-5-14-15(9-13)27-11-26-14)30(24,25)16-6-8-29-17(16)19-21-18(22-28-19)12-3-2-7-20-10-12/h2-10H,11H2,1H3. The van der Waals surface area contributed by atoms with Crippen molar-refractivity contribution in [2.24, 2.45) is 0 Å². The van der Waals surface area contributed by atoms with Crippen molar-refractivity contribution >= 4 is 27.0 Å². The Labute approximate surface area is 175 Å². The van der Waals surface area contributed by atoms with E-state index < -0.39 is 10.0 Å². The SMILES string of the molecule is CN(c1ccc2c(c1)OCO2)S(=O)(=O)c1ccsc1-c1nc(-c2cccnc2)no1. The number of aromatic nitrogens is 3. The molecule has 30 heavy (non-hydrogen) atoms. The highest BCUT2D eigenvalue weighted by atomic mass is 32.2. The van der Waals surface area contributed by atoms with Crippen molar-refractivity contribution in [3.63, 3.8) is 0 Å². The maximum absolute atomic E-state index is 13.3. The number of hydrogen-bond acceptors (Lipinski definition) is 9. The van der Waals surface area contributed by atoms with Gasteiger partial charge in [0.05, 0.1) is 5.69 Å². The minimum atomic E-state index is -3.89. The second-order valence-corrected chi connectivity index (χ2v) is 9.14. The number of fused-ring (bicyclic) bond motifs is 1. The van der Waals surface area contributed by atoms with Crippen molar-refractivity contribution in [1.82, 2.24) is 15.1 Å². The average molecular weight is 442 g/mol. The van der Waals surface area contributed by atoms with E-state index >= 15 is 0 Å². The molecule has 4 aromatic rings. The molecule has 3 aromatic heterocycles. The van der Waals surface area contributed by atoms with Crippen LogP contribution >= 0.6 is 11.3 Å². The van der Waals surface area contributed by atoms with Crippen LogP contribution in [0.25, 0.3) is 22.2 Å². The Kier molecular flexibility index (Phi) is 4.40. The molecule has 0 atom stereocenters. The molecule has 0 saturated heterocycles. The van der Waals surface area contributed by atoms with Gasteiger partial charge < -0.3 is 14.0 Å². The Morgan fingerprint density at radius 2 is 2.00 bits per heavy atom. The zero-order valence-electron chi connectivity index (χ0n) is 15.5. The number of thiophene rings is 1. The molecule has 0 fully saturated rings. The van der Waals surface area contributed by atoms with Crippen LogP contribution in [-0.4, -0.2) is 37.4 Å². The molecule has 0 unspecified atom stereocenters. The molecule has 0 amide bonds. The maximum Gasteiger partial charge on any atom is 0.269 e. The smallest absolute Gasteiger partial charge is 0.269 e. The first-order chi connectivity index (χ1) is 14.5. The van der Waals surface area contributed by atoms with E-state index in [0.29, 0.717) is 33.5 Å². The Morgan fingerprint density at radius 1 is 1.13 bits per heavy atom. The van der Waals surface area contributed by atoms with E-state index in [0.717, 1.165) is 0 Å². The highest BCUT2D eigenvalue weighted by molar-refractivity contribution is 7.93. The first-order valence-electron chi connectivity index (χ1n) is 8.74. The van der Waals surface area contributed by atoms with Crippen LogP contribution < -0.4 is 13.8 Å². The van der Waals surface area contributed by atoms with Crippen molar-refractivity contribution in [1.29, 1.82) is 0 Å². The van der Waals surface area contributed by atoms with Crippen molar-refractivity contribution in [2.45, 2.75) is 4.90 Å². The molecule has 5 rings (SSSR count). The topological polar surface area (TPSA) is 108 Å². The van der Waals surface area contributed by atoms with Crippen molar-refractivity contribution < 1.29 is 22.4 Å². The molecule has 1 aromatic carbocycles. The zero-order valence-corrected chi connectivity index (χ0v) is 17.2. The lowest BCUT2D eigenvalue weighted by atomic mass is 10.3. The third-order valence-electron chi connectivity index (χ3n) is 4.53. The second-order valence-electron chi connectivity index (χ2n) is 6.29. The quantitative estimate of drug-likeness (QED) is 0.463. The first kappa shape index (κ1) is 18.6. The number of benzene rings is 1. The van der Waals surface area contributed by atoms with Gasteiger partial charge >= 0.3 is 0 Å². The van der Waals surface area contributed by atoms with Crippen LogP contribution in [0.15, 0.2) is 63.6 Å². The third-order valence-corrected chi connectivity index (χ3v) is 7.39. The van der Waals surface area contributed by atoms with Crippen LogP contribution in [-0.2, 0) is 10.0 Å². The summed E-state index contributed by atoms with van der Waals surface area (Å²) < 4.78 is 43.8.